The van der Waals surface area contributed by atoms with Gasteiger partial charge in [-0.05, 0) is 18.8 Å². The van der Waals surface area contributed by atoms with Crippen molar-refractivity contribution >= 4 is 11.9 Å². The Kier molecular flexibility index (Phi) is 4.73. The zero-order valence-electron chi connectivity index (χ0n) is 11.5. The fourth-order valence-corrected chi connectivity index (χ4v) is 2.52. The van der Waals surface area contributed by atoms with Crippen LogP contribution in [0.2, 0.25) is 0 Å². The minimum absolute atomic E-state index is 0.0727. The molecule has 1 fully saturated rings. The number of amides is 1. The molecular formula is C13H24N2O3. The van der Waals surface area contributed by atoms with E-state index < -0.39 is 17.4 Å². The molecule has 1 aliphatic rings. The summed E-state index contributed by atoms with van der Waals surface area (Å²) in [7, 11) is 0. The number of nitrogens with two attached hydrogens (primary N) is 1. The number of hydrogen-bond donors (Lipinski definition) is 2. The van der Waals surface area contributed by atoms with Gasteiger partial charge in [-0.1, -0.05) is 27.2 Å². The van der Waals surface area contributed by atoms with E-state index in [-0.39, 0.29) is 11.8 Å². The maximum atomic E-state index is 12.1. The second kappa shape index (κ2) is 5.69. The van der Waals surface area contributed by atoms with Crippen molar-refractivity contribution in [3.8, 4) is 0 Å². The molecule has 0 bridgehead atoms. The lowest BCUT2D eigenvalue weighted by Crippen LogP contribution is -2.47. The standard InChI is InChI=1S/C13H24N2O3/c1-4-5-13(12(17)18)6-7-15(8-13)11(16)10(14)9(2)3/h9-10H,4-8,14H2,1-3H3,(H,17,18)/t10-,13?/m1/s1. The molecule has 0 aliphatic carbocycles. The first-order valence-corrected chi connectivity index (χ1v) is 6.62. The van der Waals surface area contributed by atoms with Crippen LogP contribution in [0.5, 0.6) is 0 Å². The van der Waals surface area contributed by atoms with Crippen LogP contribution in [0.25, 0.3) is 0 Å². The summed E-state index contributed by atoms with van der Waals surface area (Å²) in [6.07, 6.45) is 1.96. The Morgan fingerprint density at radius 2 is 2.06 bits per heavy atom. The molecule has 5 nitrogen and oxygen atoms in total. The highest BCUT2D eigenvalue weighted by molar-refractivity contribution is 5.84. The summed E-state index contributed by atoms with van der Waals surface area (Å²) in [6, 6.07) is -0.531. The molecule has 0 spiro atoms. The van der Waals surface area contributed by atoms with Crippen LogP contribution in [0.4, 0.5) is 0 Å². The Morgan fingerprint density at radius 1 is 1.44 bits per heavy atom. The van der Waals surface area contributed by atoms with Gasteiger partial charge in [0.25, 0.3) is 0 Å². The number of rotatable bonds is 5. The molecule has 1 amide bonds. The molecule has 0 aromatic rings. The van der Waals surface area contributed by atoms with Crippen molar-refractivity contribution in [2.75, 3.05) is 13.1 Å². The average Bonchev–Trinajstić information content (AvgIpc) is 2.73. The lowest BCUT2D eigenvalue weighted by atomic mass is 9.83. The minimum atomic E-state index is -0.794. The van der Waals surface area contributed by atoms with E-state index >= 15 is 0 Å². The maximum Gasteiger partial charge on any atom is 0.311 e. The van der Waals surface area contributed by atoms with Crippen molar-refractivity contribution < 1.29 is 14.7 Å². The van der Waals surface area contributed by atoms with E-state index in [1.807, 2.05) is 20.8 Å². The lowest BCUT2D eigenvalue weighted by molar-refractivity contribution is -0.149. The quantitative estimate of drug-likeness (QED) is 0.770. The number of hydrogen-bond acceptors (Lipinski definition) is 3. The van der Waals surface area contributed by atoms with E-state index in [0.717, 1.165) is 6.42 Å². The van der Waals surface area contributed by atoms with Crippen molar-refractivity contribution in [3.05, 3.63) is 0 Å². The number of nitrogens with zero attached hydrogens (tertiary/aromatic N) is 1. The van der Waals surface area contributed by atoms with Crippen LogP contribution in [0.15, 0.2) is 0 Å². The van der Waals surface area contributed by atoms with Gasteiger partial charge in [-0.3, -0.25) is 9.59 Å². The lowest BCUT2D eigenvalue weighted by Gasteiger charge is -2.26. The molecular weight excluding hydrogens is 232 g/mol. The van der Waals surface area contributed by atoms with Crippen molar-refractivity contribution in [1.29, 1.82) is 0 Å². The number of likely N-dealkylation sites (tertiary alicyclic amines) is 1. The van der Waals surface area contributed by atoms with Gasteiger partial charge < -0.3 is 15.7 Å². The zero-order chi connectivity index (χ0) is 13.9. The summed E-state index contributed by atoms with van der Waals surface area (Å²) in [5.41, 5.74) is 5.08. The van der Waals surface area contributed by atoms with Crippen LogP contribution in [0, 0.1) is 11.3 Å². The highest BCUT2D eigenvalue weighted by Crippen LogP contribution is 2.35. The summed E-state index contributed by atoms with van der Waals surface area (Å²) in [4.78, 5) is 25.1. The fraction of sp³-hybridized carbons (Fsp3) is 0.846. The first kappa shape index (κ1) is 15.0. The first-order valence-electron chi connectivity index (χ1n) is 6.62. The average molecular weight is 256 g/mol. The number of carbonyl (C=O) groups is 2. The number of carboxylic acid groups (broad SMARTS) is 1. The van der Waals surface area contributed by atoms with Crippen LogP contribution in [-0.4, -0.2) is 41.0 Å². The van der Waals surface area contributed by atoms with Crippen LogP contribution >= 0.6 is 0 Å². The normalized spacial score (nSPS) is 25.5. The van der Waals surface area contributed by atoms with Gasteiger partial charge in [-0.2, -0.15) is 0 Å². The Balaban J connectivity index is 2.75. The van der Waals surface area contributed by atoms with Crippen LogP contribution in [0.1, 0.15) is 40.0 Å². The molecule has 104 valence electrons. The molecule has 3 N–H and O–H groups in total. The molecule has 1 aliphatic heterocycles. The Labute approximate surface area is 108 Å². The predicted molar refractivity (Wildman–Crippen MR) is 69.0 cm³/mol. The van der Waals surface area contributed by atoms with E-state index in [1.165, 1.54) is 0 Å². The van der Waals surface area contributed by atoms with Crippen molar-refractivity contribution in [1.82, 2.24) is 4.90 Å². The molecule has 5 heteroatoms. The van der Waals surface area contributed by atoms with Crippen LogP contribution in [-0.2, 0) is 9.59 Å². The molecule has 0 aromatic carbocycles. The van der Waals surface area contributed by atoms with Gasteiger partial charge in [-0.15, -0.1) is 0 Å². The SMILES string of the molecule is CCCC1(C(=O)O)CCN(C(=O)[C@H](N)C(C)C)C1. The van der Waals surface area contributed by atoms with E-state index in [2.05, 4.69) is 0 Å². The number of carboxylic acids is 1. The summed E-state index contributed by atoms with van der Waals surface area (Å²) < 4.78 is 0. The van der Waals surface area contributed by atoms with Crippen LogP contribution in [0.3, 0.4) is 0 Å². The Bertz CT molecular complexity index is 330. The van der Waals surface area contributed by atoms with Gasteiger partial charge in [0.2, 0.25) is 5.91 Å². The zero-order valence-corrected chi connectivity index (χ0v) is 11.5. The van der Waals surface area contributed by atoms with E-state index in [4.69, 9.17) is 5.73 Å². The monoisotopic (exact) mass is 256 g/mol. The van der Waals surface area contributed by atoms with E-state index in [1.54, 1.807) is 4.90 Å². The molecule has 18 heavy (non-hydrogen) atoms. The van der Waals surface area contributed by atoms with Crippen LogP contribution < -0.4 is 5.73 Å². The molecule has 1 heterocycles. The van der Waals surface area contributed by atoms with Gasteiger partial charge >= 0.3 is 5.97 Å². The molecule has 2 atom stereocenters. The van der Waals surface area contributed by atoms with Gasteiger partial charge in [0.05, 0.1) is 11.5 Å². The Hall–Kier alpha value is -1.10. The maximum absolute atomic E-state index is 12.1. The smallest absolute Gasteiger partial charge is 0.311 e. The van der Waals surface area contributed by atoms with E-state index in [9.17, 15) is 14.7 Å². The van der Waals surface area contributed by atoms with Crippen molar-refractivity contribution in [2.24, 2.45) is 17.1 Å². The summed E-state index contributed by atoms with van der Waals surface area (Å²) >= 11 is 0. The summed E-state index contributed by atoms with van der Waals surface area (Å²) in [6.45, 7) is 6.57. The molecule has 1 rings (SSSR count). The minimum Gasteiger partial charge on any atom is -0.481 e. The van der Waals surface area contributed by atoms with Gasteiger partial charge in [-0.25, -0.2) is 0 Å². The molecule has 1 unspecified atom stereocenters. The summed E-state index contributed by atoms with van der Waals surface area (Å²) in [5, 5.41) is 9.37. The molecule has 0 saturated carbocycles. The van der Waals surface area contributed by atoms with Crippen molar-refractivity contribution in [3.63, 3.8) is 0 Å². The Morgan fingerprint density at radius 3 is 2.50 bits per heavy atom. The predicted octanol–water partition coefficient (Wildman–Crippen LogP) is 1.07. The third-order valence-electron chi connectivity index (χ3n) is 3.85. The molecule has 0 aromatic heterocycles. The largest absolute Gasteiger partial charge is 0.481 e. The first-order chi connectivity index (χ1) is 8.34. The van der Waals surface area contributed by atoms with Gasteiger partial charge in [0.1, 0.15) is 0 Å². The fourth-order valence-electron chi connectivity index (χ4n) is 2.52. The second-order valence-corrected chi connectivity index (χ2v) is 5.62. The third-order valence-corrected chi connectivity index (χ3v) is 3.85. The highest BCUT2D eigenvalue weighted by atomic mass is 16.4. The van der Waals surface area contributed by atoms with E-state index in [0.29, 0.717) is 25.9 Å². The number of aliphatic carboxylic acids is 1. The van der Waals surface area contributed by atoms with Gasteiger partial charge in [0.15, 0.2) is 0 Å². The highest BCUT2D eigenvalue weighted by Gasteiger charge is 2.46. The number of carbonyl (C=O) groups excluding carboxylic acids is 1. The third kappa shape index (κ3) is 2.83. The summed E-state index contributed by atoms with van der Waals surface area (Å²) in [5.74, 6) is -0.842. The molecule has 1 saturated heterocycles. The molecule has 0 radical (unpaired) electrons. The van der Waals surface area contributed by atoms with Gasteiger partial charge in [0, 0.05) is 13.1 Å². The second-order valence-electron chi connectivity index (χ2n) is 5.62. The van der Waals surface area contributed by atoms with Crippen molar-refractivity contribution in [2.45, 2.75) is 46.1 Å². The topological polar surface area (TPSA) is 83.6 Å².